The largest absolute Gasteiger partial charge is 0.469 e. The van der Waals surface area contributed by atoms with Crippen LogP contribution in [0.15, 0.2) is 16.7 Å². The van der Waals surface area contributed by atoms with E-state index in [0.717, 1.165) is 25.1 Å². The van der Waals surface area contributed by atoms with Crippen LogP contribution in [-0.2, 0) is 6.42 Å². The number of hydrogen-bond donors (Lipinski definition) is 2. The first-order chi connectivity index (χ1) is 7.62. The second kappa shape index (κ2) is 4.60. The molecule has 0 fully saturated rings. The Kier molecular flexibility index (Phi) is 3.36. The van der Waals surface area contributed by atoms with Crippen molar-refractivity contribution in [3.8, 4) is 0 Å². The molecule has 0 bridgehead atoms. The molecule has 3 heteroatoms. The van der Waals surface area contributed by atoms with Gasteiger partial charge in [-0.2, -0.15) is 0 Å². The highest BCUT2D eigenvalue weighted by Gasteiger charge is 2.24. The third-order valence-corrected chi connectivity index (χ3v) is 3.31. The minimum atomic E-state index is -0.0542. The molecule has 0 amide bonds. The van der Waals surface area contributed by atoms with Gasteiger partial charge >= 0.3 is 0 Å². The van der Waals surface area contributed by atoms with Crippen molar-refractivity contribution >= 4 is 0 Å². The number of hydrogen-bond acceptors (Lipinski definition) is 3. The smallest absolute Gasteiger partial charge is 0.108 e. The lowest BCUT2D eigenvalue weighted by atomic mass is 9.90. The Morgan fingerprint density at radius 3 is 3.12 bits per heavy atom. The predicted molar refractivity (Wildman–Crippen MR) is 63.3 cm³/mol. The fourth-order valence-electron chi connectivity index (χ4n) is 2.15. The summed E-state index contributed by atoms with van der Waals surface area (Å²) in [6.07, 6.45) is 5.18. The van der Waals surface area contributed by atoms with E-state index in [0.29, 0.717) is 6.04 Å². The number of aryl methyl sites for hydroxylation is 1. The van der Waals surface area contributed by atoms with E-state index in [4.69, 9.17) is 4.42 Å². The van der Waals surface area contributed by atoms with Crippen molar-refractivity contribution < 1.29 is 9.52 Å². The molecular weight excluding hydrogens is 202 g/mol. The highest BCUT2D eigenvalue weighted by atomic mass is 16.3. The van der Waals surface area contributed by atoms with Crippen LogP contribution < -0.4 is 5.32 Å². The molecule has 0 aliphatic heterocycles. The number of fused-ring (bicyclic) bond motifs is 1. The van der Waals surface area contributed by atoms with Crippen LogP contribution in [0.3, 0.4) is 0 Å². The Hall–Kier alpha value is -0.800. The van der Waals surface area contributed by atoms with Gasteiger partial charge in [0.15, 0.2) is 0 Å². The lowest BCUT2D eigenvalue weighted by Gasteiger charge is -2.28. The molecule has 16 heavy (non-hydrogen) atoms. The van der Waals surface area contributed by atoms with Crippen molar-refractivity contribution in [3.63, 3.8) is 0 Å². The van der Waals surface area contributed by atoms with Crippen molar-refractivity contribution in [1.29, 1.82) is 0 Å². The van der Waals surface area contributed by atoms with Crippen LogP contribution in [-0.4, -0.2) is 18.3 Å². The molecule has 90 valence electrons. The molecular formula is C13H21NO2. The van der Waals surface area contributed by atoms with Gasteiger partial charge in [0, 0.05) is 36.6 Å². The fourth-order valence-corrected chi connectivity index (χ4v) is 2.15. The minimum Gasteiger partial charge on any atom is -0.469 e. The third-order valence-electron chi connectivity index (χ3n) is 3.31. The summed E-state index contributed by atoms with van der Waals surface area (Å²) in [7, 11) is 0. The van der Waals surface area contributed by atoms with Crippen molar-refractivity contribution in [1.82, 2.24) is 5.32 Å². The van der Waals surface area contributed by atoms with Crippen LogP contribution in [0.2, 0.25) is 0 Å². The molecule has 1 atom stereocenters. The van der Waals surface area contributed by atoms with Gasteiger partial charge in [0.2, 0.25) is 0 Å². The van der Waals surface area contributed by atoms with Crippen LogP contribution in [0.1, 0.15) is 44.1 Å². The summed E-state index contributed by atoms with van der Waals surface area (Å²) in [4.78, 5) is 0. The van der Waals surface area contributed by atoms with E-state index in [2.05, 4.69) is 25.2 Å². The number of aliphatic hydroxyl groups excluding tert-OH is 1. The molecule has 0 saturated carbocycles. The first-order valence-electron chi connectivity index (χ1n) is 6.03. The summed E-state index contributed by atoms with van der Waals surface area (Å²) < 4.78 is 5.46. The van der Waals surface area contributed by atoms with Gasteiger partial charge in [-0.15, -0.1) is 0 Å². The number of nitrogens with one attached hydrogen (secondary N) is 1. The molecule has 0 saturated heterocycles. The zero-order chi connectivity index (χ0) is 11.6. The summed E-state index contributed by atoms with van der Waals surface area (Å²) in [6, 6.07) is 2.46. The first kappa shape index (κ1) is 11.7. The van der Waals surface area contributed by atoms with E-state index in [1.165, 1.54) is 12.0 Å². The van der Waals surface area contributed by atoms with Crippen LogP contribution in [0.5, 0.6) is 0 Å². The van der Waals surface area contributed by atoms with Gasteiger partial charge < -0.3 is 14.8 Å². The zero-order valence-electron chi connectivity index (χ0n) is 10.1. The average Bonchev–Trinajstić information content (AvgIpc) is 2.75. The molecule has 0 spiro atoms. The molecule has 0 radical (unpaired) electrons. The Balaban J connectivity index is 1.98. The molecule has 1 aromatic rings. The van der Waals surface area contributed by atoms with Crippen molar-refractivity contribution in [2.75, 3.05) is 13.2 Å². The molecule has 3 nitrogen and oxygen atoms in total. The Morgan fingerprint density at radius 2 is 2.38 bits per heavy atom. The second-order valence-corrected chi connectivity index (χ2v) is 5.45. The predicted octanol–water partition coefficient (Wildman–Crippen LogP) is 2.27. The molecule has 1 heterocycles. The molecule has 0 aromatic carbocycles. The Labute approximate surface area is 96.8 Å². The number of furan rings is 1. The quantitative estimate of drug-likeness (QED) is 0.823. The lowest BCUT2D eigenvalue weighted by Crippen LogP contribution is -2.35. The maximum atomic E-state index is 9.22. The van der Waals surface area contributed by atoms with E-state index in [-0.39, 0.29) is 12.0 Å². The van der Waals surface area contributed by atoms with Gasteiger partial charge in [-0.3, -0.25) is 0 Å². The van der Waals surface area contributed by atoms with E-state index in [1.54, 1.807) is 6.26 Å². The summed E-state index contributed by atoms with van der Waals surface area (Å²) in [5, 5.41) is 12.8. The van der Waals surface area contributed by atoms with Crippen LogP contribution >= 0.6 is 0 Å². The maximum absolute atomic E-state index is 9.22. The van der Waals surface area contributed by atoms with Crippen LogP contribution in [0, 0.1) is 5.41 Å². The van der Waals surface area contributed by atoms with Crippen LogP contribution in [0.4, 0.5) is 0 Å². The van der Waals surface area contributed by atoms with E-state index < -0.39 is 0 Å². The zero-order valence-corrected chi connectivity index (χ0v) is 10.1. The van der Waals surface area contributed by atoms with Gasteiger partial charge in [0.25, 0.3) is 0 Å². The first-order valence-corrected chi connectivity index (χ1v) is 6.03. The van der Waals surface area contributed by atoms with Crippen molar-refractivity contribution in [2.45, 2.75) is 39.2 Å². The van der Waals surface area contributed by atoms with Gasteiger partial charge in [0.05, 0.1) is 6.26 Å². The van der Waals surface area contributed by atoms with Crippen molar-refractivity contribution in [3.05, 3.63) is 23.7 Å². The van der Waals surface area contributed by atoms with Gasteiger partial charge in [-0.25, -0.2) is 0 Å². The van der Waals surface area contributed by atoms with Crippen molar-refractivity contribution in [2.24, 2.45) is 5.41 Å². The van der Waals surface area contributed by atoms with Gasteiger partial charge in [-0.05, 0) is 18.9 Å². The molecule has 2 rings (SSSR count). The molecule has 2 N–H and O–H groups in total. The summed E-state index contributed by atoms with van der Waals surface area (Å²) >= 11 is 0. The molecule has 1 aliphatic rings. The Morgan fingerprint density at radius 1 is 1.56 bits per heavy atom. The third kappa shape index (κ3) is 2.47. The van der Waals surface area contributed by atoms with E-state index >= 15 is 0 Å². The normalized spacial score (nSPS) is 20.8. The van der Waals surface area contributed by atoms with E-state index in [9.17, 15) is 5.11 Å². The summed E-state index contributed by atoms with van der Waals surface area (Å²) in [6.45, 7) is 5.18. The Bertz CT molecular complexity index is 343. The maximum Gasteiger partial charge on any atom is 0.108 e. The van der Waals surface area contributed by atoms with Gasteiger partial charge in [0.1, 0.15) is 5.76 Å². The number of rotatable bonds is 4. The second-order valence-electron chi connectivity index (χ2n) is 5.45. The lowest BCUT2D eigenvalue weighted by molar-refractivity contribution is 0.151. The monoisotopic (exact) mass is 223 g/mol. The van der Waals surface area contributed by atoms with E-state index in [1.807, 2.05) is 0 Å². The summed E-state index contributed by atoms with van der Waals surface area (Å²) in [5.41, 5.74) is 1.25. The highest BCUT2D eigenvalue weighted by molar-refractivity contribution is 5.24. The standard InChI is InChI=1S/C13H21NO2/c1-13(2,9-15)8-14-11-4-3-5-12-10(11)6-7-16-12/h6-7,11,14-15H,3-5,8-9H2,1-2H3. The molecule has 1 aliphatic carbocycles. The number of aliphatic hydroxyl groups is 1. The summed E-state index contributed by atoms with van der Waals surface area (Å²) in [5.74, 6) is 1.13. The SMILES string of the molecule is CC(C)(CO)CNC1CCCc2occc21. The van der Waals surface area contributed by atoms with Crippen LogP contribution in [0.25, 0.3) is 0 Å². The average molecular weight is 223 g/mol. The molecule has 1 aromatic heterocycles. The van der Waals surface area contributed by atoms with Gasteiger partial charge in [-0.1, -0.05) is 13.8 Å². The molecule has 1 unspecified atom stereocenters. The highest BCUT2D eigenvalue weighted by Crippen LogP contribution is 2.30. The minimum absolute atomic E-state index is 0.0542. The fraction of sp³-hybridized carbons (Fsp3) is 0.692. The topological polar surface area (TPSA) is 45.4 Å².